The third-order valence-electron chi connectivity index (χ3n) is 6.36. The molecule has 0 aliphatic carbocycles. The van der Waals surface area contributed by atoms with E-state index in [1.165, 1.54) is 0 Å². The molecule has 0 aliphatic heterocycles. The van der Waals surface area contributed by atoms with Gasteiger partial charge in [0.25, 0.3) is 5.56 Å². The van der Waals surface area contributed by atoms with E-state index in [2.05, 4.69) is 22.6 Å². The Bertz CT molecular complexity index is 1660. The molecule has 0 saturated heterocycles. The van der Waals surface area contributed by atoms with Crippen LogP contribution >= 0.6 is 0 Å². The molecule has 180 valence electrons. The lowest BCUT2D eigenvalue weighted by atomic mass is 9.98. The Labute approximate surface area is 210 Å². The molecule has 3 heterocycles. The van der Waals surface area contributed by atoms with Gasteiger partial charge >= 0.3 is 0 Å². The summed E-state index contributed by atoms with van der Waals surface area (Å²) in [5.74, 6) is 0. The molecule has 0 unspecified atom stereocenters. The summed E-state index contributed by atoms with van der Waals surface area (Å²) in [7, 11) is 0. The summed E-state index contributed by atoms with van der Waals surface area (Å²) in [6, 6.07) is 19.8. The van der Waals surface area contributed by atoms with Crippen LogP contribution in [0.15, 0.2) is 96.1 Å². The van der Waals surface area contributed by atoms with Gasteiger partial charge in [-0.3, -0.25) is 9.78 Å². The molecule has 0 fully saturated rings. The van der Waals surface area contributed by atoms with Crippen LogP contribution in [-0.4, -0.2) is 25.7 Å². The van der Waals surface area contributed by atoms with Crippen LogP contribution in [0.3, 0.4) is 0 Å². The predicted octanol–water partition coefficient (Wildman–Crippen LogP) is 5.71. The van der Waals surface area contributed by atoms with Gasteiger partial charge in [0.05, 0.1) is 11.1 Å². The molecule has 0 amide bonds. The fraction of sp³-hybridized carbons (Fsp3) is 0.167. The monoisotopic (exact) mass is 475 g/mol. The molecule has 0 bridgehead atoms. The Hall–Kier alpha value is -4.29. The molecule has 3 aromatic heterocycles. The zero-order valence-corrected chi connectivity index (χ0v) is 20.6. The molecule has 0 aliphatic rings. The van der Waals surface area contributed by atoms with Gasteiger partial charge in [0.1, 0.15) is 11.3 Å². The summed E-state index contributed by atoms with van der Waals surface area (Å²) < 4.78 is 3.62. The molecule has 5 rings (SSSR count). The fourth-order valence-electron chi connectivity index (χ4n) is 4.64. The van der Waals surface area contributed by atoms with E-state index in [1.807, 2.05) is 85.9 Å². The van der Waals surface area contributed by atoms with E-state index in [4.69, 9.17) is 10.8 Å². The summed E-state index contributed by atoms with van der Waals surface area (Å²) in [5.41, 5.74) is 12.8. The lowest BCUT2D eigenvalue weighted by molar-refractivity contribution is 0.698. The van der Waals surface area contributed by atoms with Crippen molar-refractivity contribution in [3.8, 4) is 22.4 Å². The number of hydrogen-bond donors (Lipinski definition) is 1. The Morgan fingerprint density at radius 1 is 1.06 bits per heavy atom. The van der Waals surface area contributed by atoms with Crippen LogP contribution in [-0.2, 0) is 6.54 Å². The van der Waals surface area contributed by atoms with E-state index in [0.717, 1.165) is 50.9 Å². The quantitative estimate of drug-likeness (QED) is 0.306. The maximum atomic E-state index is 14.0. The Morgan fingerprint density at radius 2 is 1.89 bits per heavy atom. The molecule has 6 heteroatoms. The van der Waals surface area contributed by atoms with Crippen LogP contribution in [0.2, 0.25) is 0 Å². The second kappa shape index (κ2) is 10.1. The van der Waals surface area contributed by atoms with Gasteiger partial charge in [-0.15, -0.1) is 0 Å². The molecule has 6 nitrogen and oxygen atoms in total. The Morgan fingerprint density at radius 3 is 2.64 bits per heavy atom. The van der Waals surface area contributed by atoms with Crippen molar-refractivity contribution < 1.29 is 0 Å². The SMILES string of the molecule is C/C=C\C=C(/CC)c1c(-c2ccccc2)nn2c(=O)c(-c3ccc4ncccc4c3)cn(CCN)c12. The Balaban J connectivity index is 1.86. The molecule has 36 heavy (non-hydrogen) atoms. The average Bonchev–Trinajstić information content (AvgIpc) is 3.32. The number of aromatic nitrogens is 4. The normalized spacial score (nSPS) is 12.2. The zero-order valence-electron chi connectivity index (χ0n) is 20.6. The predicted molar refractivity (Wildman–Crippen MR) is 148 cm³/mol. The molecule has 0 radical (unpaired) electrons. The van der Waals surface area contributed by atoms with Gasteiger partial charge in [-0.1, -0.05) is 67.6 Å². The van der Waals surface area contributed by atoms with Crippen molar-refractivity contribution in [1.82, 2.24) is 19.2 Å². The van der Waals surface area contributed by atoms with Gasteiger partial charge < -0.3 is 10.3 Å². The van der Waals surface area contributed by atoms with Crippen LogP contribution < -0.4 is 11.3 Å². The standard InChI is InChI=1S/C30H29N5O/c1-3-5-10-21(4-2)27-28(22-11-7-6-8-12-22)33-35-29(27)34(18-16-31)20-25(30(35)36)23-14-15-26-24(19-23)13-9-17-32-26/h3,5-15,17,19-20H,4,16,18,31H2,1-2H3/b5-3-,21-10+. The molecule has 5 aromatic rings. The number of rotatable bonds is 7. The highest BCUT2D eigenvalue weighted by Crippen LogP contribution is 2.34. The molecular formula is C30H29N5O. The number of fused-ring (bicyclic) bond motifs is 2. The van der Waals surface area contributed by atoms with Crippen LogP contribution in [0, 0.1) is 0 Å². The number of nitrogens with two attached hydrogens (primary N) is 1. The van der Waals surface area contributed by atoms with Gasteiger partial charge in [0.2, 0.25) is 0 Å². The van der Waals surface area contributed by atoms with Crippen molar-refractivity contribution in [1.29, 1.82) is 0 Å². The van der Waals surface area contributed by atoms with Crippen LogP contribution in [0.1, 0.15) is 25.8 Å². The van der Waals surface area contributed by atoms with Gasteiger partial charge in [0.15, 0.2) is 0 Å². The topological polar surface area (TPSA) is 78.2 Å². The van der Waals surface area contributed by atoms with Crippen molar-refractivity contribution >= 4 is 22.1 Å². The number of benzene rings is 2. The van der Waals surface area contributed by atoms with Crippen molar-refractivity contribution in [2.24, 2.45) is 5.73 Å². The van der Waals surface area contributed by atoms with Gasteiger partial charge in [0, 0.05) is 42.0 Å². The van der Waals surface area contributed by atoms with E-state index in [9.17, 15) is 4.79 Å². The number of hydrogen-bond acceptors (Lipinski definition) is 4. The average molecular weight is 476 g/mol. The molecule has 0 spiro atoms. The highest BCUT2D eigenvalue weighted by molar-refractivity contribution is 5.89. The van der Waals surface area contributed by atoms with Crippen LogP contribution in [0.4, 0.5) is 0 Å². The van der Waals surface area contributed by atoms with Crippen LogP contribution in [0.5, 0.6) is 0 Å². The number of allylic oxidation sites excluding steroid dienone is 4. The summed E-state index contributed by atoms with van der Waals surface area (Å²) in [6.45, 7) is 5.11. The molecule has 2 N–H and O–H groups in total. The third kappa shape index (κ3) is 4.16. The molecule has 2 aromatic carbocycles. The van der Waals surface area contributed by atoms with E-state index in [0.29, 0.717) is 18.7 Å². The third-order valence-corrected chi connectivity index (χ3v) is 6.36. The number of nitrogens with zero attached hydrogens (tertiary/aromatic N) is 4. The maximum absolute atomic E-state index is 14.0. The highest BCUT2D eigenvalue weighted by Gasteiger charge is 2.23. The summed E-state index contributed by atoms with van der Waals surface area (Å²) in [4.78, 5) is 18.4. The minimum atomic E-state index is -0.161. The van der Waals surface area contributed by atoms with Gasteiger partial charge in [-0.25, -0.2) is 0 Å². The van der Waals surface area contributed by atoms with E-state index < -0.39 is 0 Å². The largest absolute Gasteiger partial charge is 0.330 e. The minimum Gasteiger partial charge on any atom is -0.330 e. The second-order valence-corrected chi connectivity index (χ2v) is 8.64. The van der Waals surface area contributed by atoms with Gasteiger partial charge in [-0.2, -0.15) is 9.61 Å². The van der Waals surface area contributed by atoms with Crippen LogP contribution in [0.25, 0.3) is 44.5 Å². The van der Waals surface area contributed by atoms with Crippen molar-refractivity contribution in [3.63, 3.8) is 0 Å². The first-order chi connectivity index (χ1) is 17.7. The van der Waals surface area contributed by atoms with Gasteiger partial charge in [-0.05, 0) is 42.7 Å². The first kappa shape index (κ1) is 23.5. The van der Waals surface area contributed by atoms with E-state index in [1.54, 1.807) is 10.7 Å². The summed E-state index contributed by atoms with van der Waals surface area (Å²) >= 11 is 0. The highest BCUT2D eigenvalue weighted by atomic mass is 16.1. The van der Waals surface area contributed by atoms with E-state index >= 15 is 0 Å². The van der Waals surface area contributed by atoms with E-state index in [-0.39, 0.29) is 5.56 Å². The second-order valence-electron chi connectivity index (χ2n) is 8.64. The molecular weight excluding hydrogens is 446 g/mol. The lowest BCUT2D eigenvalue weighted by Crippen LogP contribution is -2.23. The van der Waals surface area contributed by atoms with Crippen molar-refractivity contribution in [2.45, 2.75) is 26.8 Å². The lowest BCUT2D eigenvalue weighted by Gasteiger charge is -2.14. The summed E-state index contributed by atoms with van der Waals surface area (Å²) in [5, 5.41) is 5.90. The fourth-order valence-corrected chi connectivity index (χ4v) is 4.64. The number of pyridine rings is 1. The maximum Gasteiger partial charge on any atom is 0.282 e. The zero-order chi connectivity index (χ0) is 25.1. The summed E-state index contributed by atoms with van der Waals surface area (Å²) in [6.07, 6.45) is 10.6. The minimum absolute atomic E-state index is 0.161. The van der Waals surface area contributed by atoms with Crippen molar-refractivity contribution in [2.75, 3.05) is 6.54 Å². The van der Waals surface area contributed by atoms with Crippen molar-refractivity contribution in [3.05, 3.63) is 107 Å². The molecule has 0 atom stereocenters. The first-order valence-corrected chi connectivity index (χ1v) is 12.2. The smallest absolute Gasteiger partial charge is 0.282 e. The Kier molecular flexibility index (Phi) is 6.60. The first-order valence-electron chi connectivity index (χ1n) is 12.2. The molecule has 0 saturated carbocycles.